The second kappa shape index (κ2) is 3.77. The van der Waals surface area contributed by atoms with Gasteiger partial charge in [0.05, 0.1) is 0 Å². The number of carbonyl (C=O) groups is 1. The first-order valence-electron chi connectivity index (χ1n) is 4.55. The number of rotatable bonds is 2. The number of aromatic carboxylic acids is 1. The van der Waals surface area contributed by atoms with E-state index < -0.39 is 5.97 Å². The van der Waals surface area contributed by atoms with Crippen molar-refractivity contribution in [3.63, 3.8) is 0 Å². The van der Waals surface area contributed by atoms with Gasteiger partial charge >= 0.3 is 5.97 Å². The number of halogens is 1. The summed E-state index contributed by atoms with van der Waals surface area (Å²) in [5.41, 5.74) is 0.703. The Morgan fingerprint density at radius 2 is 2.25 bits per heavy atom. The molecule has 0 amide bonds. The minimum atomic E-state index is -1.18. The predicted molar refractivity (Wildman–Crippen MR) is 53.6 cm³/mol. The maximum absolute atomic E-state index is 13.3. The molecule has 82 valence electrons. The molecule has 0 saturated heterocycles. The molecule has 0 radical (unpaired) electrons. The fourth-order valence-corrected chi connectivity index (χ4v) is 1.38. The number of nitrogens with zero attached hydrogens (tertiary/aromatic N) is 1. The van der Waals surface area contributed by atoms with Crippen LogP contribution in [-0.2, 0) is 0 Å². The van der Waals surface area contributed by atoms with Crippen LogP contribution in [0.25, 0.3) is 11.3 Å². The number of hydrogen-bond acceptors (Lipinski definition) is 3. The molecular formula is C11H8FNO3. The number of benzene rings is 1. The van der Waals surface area contributed by atoms with E-state index in [4.69, 9.17) is 9.63 Å². The fraction of sp³-hybridized carbons (Fsp3) is 0.0909. The van der Waals surface area contributed by atoms with Gasteiger partial charge in [-0.1, -0.05) is 17.3 Å². The molecule has 4 nitrogen and oxygen atoms in total. The lowest BCUT2D eigenvalue weighted by molar-refractivity contribution is 0.0686. The van der Waals surface area contributed by atoms with Crippen LogP contribution in [0, 0.1) is 12.7 Å². The number of aromatic nitrogens is 1. The van der Waals surface area contributed by atoms with Gasteiger partial charge in [-0.15, -0.1) is 0 Å². The summed E-state index contributed by atoms with van der Waals surface area (Å²) in [4.78, 5) is 10.6. The summed E-state index contributed by atoms with van der Waals surface area (Å²) in [7, 11) is 0. The van der Waals surface area contributed by atoms with Gasteiger partial charge in [0, 0.05) is 11.6 Å². The Balaban J connectivity index is 2.50. The van der Waals surface area contributed by atoms with Crippen LogP contribution in [0.3, 0.4) is 0 Å². The van der Waals surface area contributed by atoms with Crippen LogP contribution in [0.15, 0.2) is 28.8 Å². The van der Waals surface area contributed by atoms with Crippen LogP contribution in [0.1, 0.15) is 16.1 Å². The van der Waals surface area contributed by atoms with Gasteiger partial charge in [0.2, 0.25) is 0 Å². The number of carboxylic acid groups (broad SMARTS) is 1. The van der Waals surface area contributed by atoms with E-state index in [0.717, 1.165) is 0 Å². The van der Waals surface area contributed by atoms with Gasteiger partial charge in [0.1, 0.15) is 5.82 Å². The van der Waals surface area contributed by atoms with E-state index in [2.05, 4.69) is 5.16 Å². The Hall–Kier alpha value is -2.17. The molecular weight excluding hydrogens is 213 g/mol. The largest absolute Gasteiger partial charge is 0.476 e. The standard InChI is InChI=1S/C11H8FNO3/c1-6-7(3-2-4-8(6)12)10-5-9(11(14)15)13-16-10/h2-5H,1H3,(H,14,15). The monoisotopic (exact) mass is 221 g/mol. The van der Waals surface area contributed by atoms with Crippen LogP contribution >= 0.6 is 0 Å². The first kappa shape index (κ1) is 10.4. The Kier molecular flexibility index (Phi) is 2.44. The maximum Gasteiger partial charge on any atom is 0.358 e. The minimum Gasteiger partial charge on any atom is -0.476 e. The normalized spacial score (nSPS) is 10.4. The molecule has 1 aromatic heterocycles. The Morgan fingerprint density at radius 1 is 1.50 bits per heavy atom. The van der Waals surface area contributed by atoms with Gasteiger partial charge in [-0.2, -0.15) is 0 Å². The fourth-order valence-electron chi connectivity index (χ4n) is 1.38. The molecule has 2 rings (SSSR count). The lowest BCUT2D eigenvalue weighted by atomic mass is 10.1. The van der Waals surface area contributed by atoms with Crippen LogP contribution in [0.2, 0.25) is 0 Å². The molecule has 0 bridgehead atoms. The summed E-state index contributed by atoms with van der Waals surface area (Å²) in [6.45, 7) is 1.59. The van der Waals surface area contributed by atoms with Crippen molar-refractivity contribution in [2.75, 3.05) is 0 Å². The first-order chi connectivity index (χ1) is 7.59. The lowest BCUT2D eigenvalue weighted by Gasteiger charge is -2.01. The molecule has 1 heterocycles. The zero-order chi connectivity index (χ0) is 11.7. The zero-order valence-electron chi connectivity index (χ0n) is 8.40. The highest BCUT2D eigenvalue weighted by Crippen LogP contribution is 2.25. The van der Waals surface area contributed by atoms with Crippen molar-refractivity contribution >= 4 is 5.97 Å². The molecule has 5 heteroatoms. The smallest absolute Gasteiger partial charge is 0.358 e. The topological polar surface area (TPSA) is 63.3 Å². The number of hydrogen-bond donors (Lipinski definition) is 1. The van der Waals surface area contributed by atoms with E-state index >= 15 is 0 Å². The van der Waals surface area contributed by atoms with Crippen molar-refractivity contribution in [2.24, 2.45) is 0 Å². The van der Waals surface area contributed by atoms with Crippen molar-refractivity contribution in [2.45, 2.75) is 6.92 Å². The van der Waals surface area contributed by atoms with Crippen molar-refractivity contribution in [1.29, 1.82) is 0 Å². The van der Waals surface area contributed by atoms with Gasteiger partial charge < -0.3 is 9.63 Å². The summed E-state index contributed by atoms with van der Waals surface area (Å²) in [6, 6.07) is 5.77. The molecule has 0 unspecified atom stereocenters. The highest BCUT2D eigenvalue weighted by Gasteiger charge is 2.14. The molecule has 0 aliphatic heterocycles. The third kappa shape index (κ3) is 1.67. The van der Waals surface area contributed by atoms with Crippen molar-refractivity contribution in [3.05, 3.63) is 41.3 Å². The summed E-state index contributed by atoms with van der Waals surface area (Å²) in [5.74, 6) is -1.30. The van der Waals surface area contributed by atoms with Crippen molar-refractivity contribution in [3.8, 4) is 11.3 Å². The Morgan fingerprint density at radius 3 is 2.88 bits per heavy atom. The van der Waals surface area contributed by atoms with Crippen LogP contribution < -0.4 is 0 Å². The molecule has 0 fully saturated rings. The minimum absolute atomic E-state index is 0.196. The maximum atomic E-state index is 13.3. The molecule has 0 spiro atoms. The Bertz CT molecular complexity index is 548. The highest BCUT2D eigenvalue weighted by molar-refractivity contribution is 5.86. The van der Waals surface area contributed by atoms with Gasteiger partial charge in [-0.05, 0) is 18.6 Å². The average molecular weight is 221 g/mol. The molecule has 16 heavy (non-hydrogen) atoms. The summed E-state index contributed by atoms with van der Waals surface area (Å²) in [5, 5.41) is 12.0. The second-order valence-electron chi connectivity index (χ2n) is 3.29. The van der Waals surface area contributed by atoms with E-state index in [1.54, 1.807) is 13.0 Å². The van der Waals surface area contributed by atoms with Crippen LogP contribution in [0.4, 0.5) is 4.39 Å². The van der Waals surface area contributed by atoms with E-state index in [-0.39, 0.29) is 17.3 Å². The Labute approximate surface area is 90.3 Å². The SMILES string of the molecule is Cc1c(F)cccc1-c1cc(C(=O)O)no1. The van der Waals surface area contributed by atoms with Gasteiger partial charge in [-0.25, -0.2) is 9.18 Å². The number of carboxylic acids is 1. The van der Waals surface area contributed by atoms with Gasteiger partial charge in [0.25, 0.3) is 0 Å². The first-order valence-corrected chi connectivity index (χ1v) is 4.55. The van der Waals surface area contributed by atoms with Crippen LogP contribution in [0.5, 0.6) is 0 Å². The lowest BCUT2D eigenvalue weighted by Crippen LogP contribution is -1.94. The summed E-state index contributed by atoms with van der Waals surface area (Å²) < 4.78 is 18.1. The van der Waals surface area contributed by atoms with Crippen molar-refractivity contribution < 1.29 is 18.8 Å². The molecule has 1 N–H and O–H groups in total. The third-order valence-corrected chi connectivity index (χ3v) is 2.26. The van der Waals surface area contributed by atoms with E-state index in [9.17, 15) is 9.18 Å². The van der Waals surface area contributed by atoms with Crippen LogP contribution in [-0.4, -0.2) is 16.2 Å². The van der Waals surface area contributed by atoms with Gasteiger partial charge in [0.15, 0.2) is 11.5 Å². The molecule has 0 aliphatic rings. The van der Waals surface area contributed by atoms with Gasteiger partial charge in [-0.3, -0.25) is 0 Å². The molecule has 0 saturated carbocycles. The highest BCUT2D eigenvalue weighted by atomic mass is 19.1. The second-order valence-corrected chi connectivity index (χ2v) is 3.29. The summed E-state index contributed by atoms with van der Waals surface area (Å²) >= 11 is 0. The van der Waals surface area contributed by atoms with E-state index in [1.165, 1.54) is 18.2 Å². The molecule has 1 aromatic carbocycles. The summed E-state index contributed by atoms with van der Waals surface area (Å²) in [6.07, 6.45) is 0. The molecule has 0 atom stereocenters. The predicted octanol–water partition coefficient (Wildman–Crippen LogP) is 2.49. The van der Waals surface area contributed by atoms with E-state index in [1.807, 2.05) is 0 Å². The molecule has 2 aromatic rings. The zero-order valence-corrected chi connectivity index (χ0v) is 8.40. The third-order valence-electron chi connectivity index (χ3n) is 2.26. The average Bonchev–Trinajstić information content (AvgIpc) is 2.71. The van der Waals surface area contributed by atoms with E-state index in [0.29, 0.717) is 11.1 Å². The quantitative estimate of drug-likeness (QED) is 0.846. The van der Waals surface area contributed by atoms with Crippen molar-refractivity contribution in [1.82, 2.24) is 5.16 Å². The molecule has 0 aliphatic carbocycles.